The number of aryl methyl sites for hydroxylation is 2. The number of nitrogens with zero attached hydrogens (tertiary/aromatic N) is 4. The summed E-state index contributed by atoms with van der Waals surface area (Å²) in [4.78, 5) is 41.7. The van der Waals surface area contributed by atoms with Gasteiger partial charge >= 0.3 is 5.97 Å². The molecule has 2 aliphatic rings. The number of fused-ring (bicyclic) bond motifs is 1. The molecular formula is C25H32N4O5. The molecule has 2 amide bonds. The largest absolute Gasteiger partial charge is 0.461 e. The molecule has 0 saturated carbocycles. The lowest BCUT2D eigenvalue weighted by Gasteiger charge is -2.30. The molecule has 0 N–H and O–H groups in total. The SMILES string of the molecule is CCOC(=O)c1nn(CCc2ccccc2)c2c1CN(C(=O)C1CC(=O)N(CCOC)C1)CC2. The number of ether oxygens (including phenoxy) is 2. The average Bonchev–Trinajstić information content (AvgIpc) is 3.41. The van der Waals surface area contributed by atoms with Crippen LogP contribution in [0.3, 0.4) is 0 Å². The van der Waals surface area contributed by atoms with Gasteiger partial charge < -0.3 is 19.3 Å². The zero-order chi connectivity index (χ0) is 24.1. The quantitative estimate of drug-likeness (QED) is 0.520. The molecule has 34 heavy (non-hydrogen) atoms. The summed E-state index contributed by atoms with van der Waals surface area (Å²) < 4.78 is 12.2. The van der Waals surface area contributed by atoms with Crippen molar-refractivity contribution >= 4 is 17.8 Å². The molecule has 2 aromatic rings. The lowest BCUT2D eigenvalue weighted by atomic mass is 10.0. The van der Waals surface area contributed by atoms with E-state index >= 15 is 0 Å². The van der Waals surface area contributed by atoms with Crippen LogP contribution in [0.15, 0.2) is 30.3 Å². The summed E-state index contributed by atoms with van der Waals surface area (Å²) in [5, 5.41) is 4.60. The van der Waals surface area contributed by atoms with Gasteiger partial charge in [0, 0.05) is 63.9 Å². The van der Waals surface area contributed by atoms with Crippen LogP contribution in [0.2, 0.25) is 0 Å². The van der Waals surface area contributed by atoms with Gasteiger partial charge in [-0.05, 0) is 18.9 Å². The summed E-state index contributed by atoms with van der Waals surface area (Å²) in [6.45, 7) is 4.85. The third kappa shape index (κ3) is 5.14. The van der Waals surface area contributed by atoms with Crippen molar-refractivity contribution in [2.75, 3.05) is 40.0 Å². The summed E-state index contributed by atoms with van der Waals surface area (Å²) in [5.41, 5.74) is 3.21. The number of hydrogen-bond acceptors (Lipinski definition) is 6. The van der Waals surface area contributed by atoms with Gasteiger partial charge in [-0.2, -0.15) is 5.10 Å². The Bertz CT molecular complexity index is 1040. The highest BCUT2D eigenvalue weighted by molar-refractivity contribution is 5.91. The van der Waals surface area contributed by atoms with Gasteiger partial charge in [-0.3, -0.25) is 14.3 Å². The molecule has 9 nitrogen and oxygen atoms in total. The second kappa shape index (κ2) is 10.8. The first-order chi connectivity index (χ1) is 16.5. The van der Waals surface area contributed by atoms with Crippen LogP contribution < -0.4 is 0 Å². The van der Waals surface area contributed by atoms with E-state index < -0.39 is 5.97 Å². The van der Waals surface area contributed by atoms with Crippen molar-refractivity contribution in [3.05, 3.63) is 52.8 Å². The van der Waals surface area contributed by atoms with E-state index in [0.29, 0.717) is 45.8 Å². The second-order valence-electron chi connectivity index (χ2n) is 8.70. The van der Waals surface area contributed by atoms with Crippen LogP contribution in [0, 0.1) is 5.92 Å². The average molecular weight is 469 g/mol. The van der Waals surface area contributed by atoms with Crippen molar-refractivity contribution in [2.45, 2.75) is 39.3 Å². The molecule has 2 aliphatic heterocycles. The Morgan fingerprint density at radius 3 is 2.71 bits per heavy atom. The van der Waals surface area contributed by atoms with Crippen LogP contribution in [0.25, 0.3) is 0 Å². The van der Waals surface area contributed by atoms with Gasteiger partial charge in [0.1, 0.15) is 0 Å². The third-order valence-electron chi connectivity index (χ3n) is 6.50. The number of esters is 1. The van der Waals surface area contributed by atoms with Crippen LogP contribution in [-0.2, 0) is 45.0 Å². The molecule has 0 radical (unpaired) electrons. The minimum absolute atomic E-state index is 0.0194. The number of carbonyl (C=O) groups excluding carboxylic acids is 3. The van der Waals surface area contributed by atoms with E-state index in [4.69, 9.17) is 9.47 Å². The minimum atomic E-state index is -0.465. The topological polar surface area (TPSA) is 94.0 Å². The van der Waals surface area contributed by atoms with Crippen molar-refractivity contribution in [3.63, 3.8) is 0 Å². The number of methoxy groups -OCH3 is 1. The van der Waals surface area contributed by atoms with Crippen molar-refractivity contribution in [1.29, 1.82) is 0 Å². The number of likely N-dealkylation sites (tertiary alicyclic amines) is 1. The second-order valence-corrected chi connectivity index (χ2v) is 8.70. The maximum atomic E-state index is 13.3. The number of aromatic nitrogens is 2. The van der Waals surface area contributed by atoms with Crippen molar-refractivity contribution < 1.29 is 23.9 Å². The Kier molecular flexibility index (Phi) is 7.62. The summed E-state index contributed by atoms with van der Waals surface area (Å²) in [6, 6.07) is 10.1. The molecule has 1 atom stereocenters. The third-order valence-corrected chi connectivity index (χ3v) is 6.50. The predicted molar refractivity (Wildman–Crippen MR) is 124 cm³/mol. The fourth-order valence-electron chi connectivity index (χ4n) is 4.72. The molecule has 1 saturated heterocycles. The Balaban J connectivity index is 1.50. The first kappa shape index (κ1) is 23.9. The molecule has 1 unspecified atom stereocenters. The van der Waals surface area contributed by atoms with Gasteiger partial charge in [0.25, 0.3) is 0 Å². The van der Waals surface area contributed by atoms with E-state index in [2.05, 4.69) is 17.2 Å². The highest BCUT2D eigenvalue weighted by Crippen LogP contribution is 2.27. The number of benzene rings is 1. The molecule has 1 fully saturated rings. The molecule has 4 rings (SSSR count). The van der Waals surface area contributed by atoms with Crippen LogP contribution in [0.5, 0.6) is 0 Å². The van der Waals surface area contributed by atoms with Gasteiger partial charge in [-0.15, -0.1) is 0 Å². The molecule has 1 aromatic carbocycles. The number of hydrogen-bond donors (Lipinski definition) is 0. The minimum Gasteiger partial charge on any atom is -0.461 e. The van der Waals surface area contributed by atoms with Crippen molar-refractivity contribution in [1.82, 2.24) is 19.6 Å². The molecule has 0 aliphatic carbocycles. The number of rotatable bonds is 9. The summed E-state index contributed by atoms with van der Waals surface area (Å²) >= 11 is 0. The first-order valence-electron chi connectivity index (χ1n) is 11.9. The lowest BCUT2D eigenvalue weighted by molar-refractivity contribution is -0.136. The summed E-state index contributed by atoms with van der Waals surface area (Å²) in [6.07, 6.45) is 1.62. The monoisotopic (exact) mass is 468 g/mol. The summed E-state index contributed by atoms with van der Waals surface area (Å²) in [5.74, 6) is -0.904. The maximum absolute atomic E-state index is 13.3. The van der Waals surface area contributed by atoms with E-state index in [-0.39, 0.29) is 36.5 Å². The normalized spacial score (nSPS) is 17.7. The fourth-order valence-corrected chi connectivity index (χ4v) is 4.72. The van der Waals surface area contributed by atoms with E-state index in [1.54, 1.807) is 23.8 Å². The van der Waals surface area contributed by atoms with E-state index in [1.165, 1.54) is 5.56 Å². The van der Waals surface area contributed by atoms with Crippen molar-refractivity contribution in [2.24, 2.45) is 5.92 Å². The predicted octanol–water partition coefficient (Wildman–Crippen LogP) is 1.68. The van der Waals surface area contributed by atoms with Gasteiger partial charge in [0.15, 0.2) is 5.69 Å². The standard InChI is InChI=1S/C25H32N4O5/c1-3-34-25(32)23-20-17-28(24(31)19-15-22(30)27(16-19)13-14-33-2)11-10-21(20)29(26-23)12-9-18-7-5-4-6-8-18/h4-8,19H,3,9-17H2,1-2H3. The Labute approximate surface area is 199 Å². The molecule has 0 bridgehead atoms. The molecule has 0 spiro atoms. The van der Waals surface area contributed by atoms with Gasteiger partial charge in [-0.1, -0.05) is 30.3 Å². The molecule has 3 heterocycles. The van der Waals surface area contributed by atoms with Gasteiger partial charge in [-0.25, -0.2) is 4.79 Å². The van der Waals surface area contributed by atoms with E-state index in [1.807, 2.05) is 22.9 Å². The first-order valence-corrected chi connectivity index (χ1v) is 11.9. The van der Waals surface area contributed by atoms with Crippen molar-refractivity contribution in [3.8, 4) is 0 Å². The highest BCUT2D eigenvalue weighted by atomic mass is 16.5. The Hall–Kier alpha value is -3.20. The number of carbonyl (C=O) groups is 3. The Morgan fingerprint density at radius 1 is 1.18 bits per heavy atom. The zero-order valence-corrected chi connectivity index (χ0v) is 19.9. The van der Waals surface area contributed by atoms with E-state index in [0.717, 1.165) is 17.7 Å². The molecule has 182 valence electrons. The zero-order valence-electron chi connectivity index (χ0n) is 19.9. The lowest BCUT2D eigenvalue weighted by Crippen LogP contribution is -2.41. The number of amides is 2. The van der Waals surface area contributed by atoms with E-state index in [9.17, 15) is 14.4 Å². The van der Waals surface area contributed by atoms with Crippen LogP contribution in [0.1, 0.15) is 40.7 Å². The summed E-state index contributed by atoms with van der Waals surface area (Å²) in [7, 11) is 1.59. The fraction of sp³-hybridized carbons (Fsp3) is 0.520. The molecular weight excluding hydrogens is 436 g/mol. The van der Waals surface area contributed by atoms with Gasteiger partial charge in [0.2, 0.25) is 11.8 Å². The Morgan fingerprint density at radius 2 is 1.97 bits per heavy atom. The highest BCUT2D eigenvalue weighted by Gasteiger charge is 2.38. The van der Waals surface area contributed by atoms with Crippen LogP contribution in [-0.4, -0.2) is 77.3 Å². The van der Waals surface area contributed by atoms with Gasteiger partial charge in [0.05, 0.1) is 19.1 Å². The smallest absolute Gasteiger partial charge is 0.359 e. The van der Waals surface area contributed by atoms with Crippen LogP contribution >= 0.6 is 0 Å². The van der Waals surface area contributed by atoms with Crippen LogP contribution in [0.4, 0.5) is 0 Å². The molecule has 1 aromatic heterocycles. The maximum Gasteiger partial charge on any atom is 0.359 e. The molecule has 9 heteroatoms.